The minimum absolute atomic E-state index is 0.0365. The van der Waals surface area contributed by atoms with E-state index < -0.39 is 5.91 Å². The van der Waals surface area contributed by atoms with E-state index in [4.69, 9.17) is 4.74 Å². The molecule has 0 unspecified atom stereocenters. The Kier molecular flexibility index (Phi) is 6.56. The Hall–Kier alpha value is -4.27. The smallest absolute Gasteiger partial charge is 0.263 e. The van der Waals surface area contributed by atoms with Crippen molar-refractivity contribution in [3.63, 3.8) is 0 Å². The quantitative estimate of drug-likeness (QED) is 0.469. The number of imidazole rings is 1. The maximum atomic E-state index is 12.3. The van der Waals surface area contributed by atoms with Gasteiger partial charge in [0.25, 0.3) is 11.5 Å². The van der Waals surface area contributed by atoms with Gasteiger partial charge in [0.2, 0.25) is 0 Å². The standard InChI is InChI=1S/C22H22N6O3/c1-5-23-18(19-13-27(3)14-25-19)11-15(2)31-16-8-9-20(24-12-16)26-21(29)17-7-6-10-28(4)22(17)30/h5-14H,1H2,2-4H3,(H,24,26,29)/b15-11+,23-18?. The zero-order valence-corrected chi connectivity index (χ0v) is 17.4. The highest BCUT2D eigenvalue weighted by Crippen LogP contribution is 2.16. The number of ether oxygens (including phenoxy) is 1. The third kappa shape index (κ3) is 5.41. The van der Waals surface area contributed by atoms with Crippen LogP contribution in [0, 0.1) is 0 Å². The molecule has 0 spiro atoms. The highest BCUT2D eigenvalue weighted by atomic mass is 16.5. The molecule has 0 radical (unpaired) electrons. The maximum Gasteiger partial charge on any atom is 0.263 e. The lowest BCUT2D eigenvalue weighted by Gasteiger charge is -2.08. The van der Waals surface area contributed by atoms with Crippen molar-refractivity contribution in [3.05, 3.63) is 95.4 Å². The van der Waals surface area contributed by atoms with Gasteiger partial charge in [-0.25, -0.2) is 9.97 Å². The van der Waals surface area contributed by atoms with E-state index in [9.17, 15) is 9.59 Å². The number of rotatable bonds is 7. The summed E-state index contributed by atoms with van der Waals surface area (Å²) in [6, 6.07) is 6.34. The first kappa shape index (κ1) is 21.4. The van der Waals surface area contributed by atoms with Crippen molar-refractivity contribution in [1.82, 2.24) is 19.1 Å². The summed E-state index contributed by atoms with van der Waals surface area (Å²) in [7, 11) is 3.45. The number of aromatic nitrogens is 4. The number of aliphatic imine (C=N–C) groups is 1. The lowest BCUT2D eigenvalue weighted by atomic mass is 10.2. The van der Waals surface area contributed by atoms with E-state index in [1.54, 1.807) is 50.8 Å². The molecule has 0 bridgehead atoms. The van der Waals surface area contributed by atoms with Gasteiger partial charge in [-0.2, -0.15) is 0 Å². The van der Waals surface area contributed by atoms with Crippen LogP contribution in [0.15, 0.2) is 83.6 Å². The van der Waals surface area contributed by atoms with Crippen LogP contribution in [0.3, 0.4) is 0 Å². The SMILES string of the molecule is C=CN=C(/C=C(\C)Oc1ccc(NC(=O)c2cccn(C)c2=O)nc1)c1cn(C)cn1. The Bertz CT molecular complexity index is 1220. The molecule has 31 heavy (non-hydrogen) atoms. The van der Waals surface area contributed by atoms with E-state index >= 15 is 0 Å². The van der Waals surface area contributed by atoms with Crippen LogP contribution in [-0.2, 0) is 14.1 Å². The molecule has 3 rings (SSSR count). The van der Waals surface area contributed by atoms with Crippen molar-refractivity contribution in [2.75, 3.05) is 5.32 Å². The number of nitrogens with zero attached hydrogens (tertiary/aromatic N) is 5. The molecule has 0 saturated carbocycles. The van der Waals surface area contributed by atoms with Gasteiger partial charge in [-0.15, -0.1) is 0 Å². The Morgan fingerprint density at radius 1 is 1.26 bits per heavy atom. The maximum absolute atomic E-state index is 12.3. The molecule has 0 aliphatic carbocycles. The number of allylic oxidation sites excluding steroid dienone is 2. The number of pyridine rings is 2. The third-order valence-corrected chi connectivity index (χ3v) is 4.16. The molecule has 3 aromatic rings. The number of nitrogens with one attached hydrogen (secondary N) is 1. The van der Waals surface area contributed by atoms with Gasteiger partial charge < -0.3 is 19.2 Å². The molecular weight excluding hydrogens is 396 g/mol. The van der Waals surface area contributed by atoms with Crippen molar-refractivity contribution in [2.24, 2.45) is 19.1 Å². The number of carbonyl (C=O) groups is 1. The average molecular weight is 418 g/mol. The van der Waals surface area contributed by atoms with Crippen LogP contribution < -0.4 is 15.6 Å². The minimum Gasteiger partial charge on any atom is -0.460 e. The molecule has 0 atom stereocenters. The van der Waals surface area contributed by atoms with Crippen LogP contribution in [-0.4, -0.2) is 30.7 Å². The molecule has 0 aliphatic rings. The van der Waals surface area contributed by atoms with Crippen LogP contribution in [0.5, 0.6) is 5.75 Å². The van der Waals surface area contributed by atoms with Gasteiger partial charge in [-0.1, -0.05) is 6.58 Å². The summed E-state index contributed by atoms with van der Waals surface area (Å²) in [4.78, 5) is 37.1. The van der Waals surface area contributed by atoms with Gasteiger partial charge in [0.1, 0.15) is 28.6 Å². The molecular formula is C22H22N6O3. The fraction of sp³-hybridized carbons (Fsp3) is 0.136. The summed E-state index contributed by atoms with van der Waals surface area (Å²) in [5, 5.41) is 2.61. The molecule has 0 aromatic carbocycles. The zero-order chi connectivity index (χ0) is 22.4. The second-order valence-corrected chi connectivity index (χ2v) is 6.65. The van der Waals surface area contributed by atoms with Crippen molar-refractivity contribution < 1.29 is 9.53 Å². The number of amides is 1. The van der Waals surface area contributed by atoms with Crippen molar-refractivity contribution in [2.45, 2.75) is 6.92 Å². The van der Waals surface area contributed by atoms with E-state index in [1.807, 2.05) is 17.8 Å². The topological polar surface area (TPSA) is 103 Å². The summed E-state index contributed by atoms with van der Waals surface area (Å²) >= 11 is 0. The molecule has 158 valence electrons. The van der Waals surface area contributed by atoms with Crippen LogP contribution in [0.1, 0.15) is 23.0 Å². The third-order valence-electron chi connectivity index (χ3n) is 4.16. The van der Waals surface area contributed by atoms with Crippen LogP contribution in [0.2, 0.25) is 0 Å². The molecule has 1 N–H and O–H groups in total. The number of anilines is 1. The van der Waals surface area contributed by atoms with E-state index in [1.165, 1.54) is 23.0 Å². The summed E-state index contributed by atoms with van der Waals surface area (Å²) < 4.78 is 8.94. The second-order valence-electron chi connectivity index (χ2n) is 6.65. The lowest BCUT2D eigenvalue weighted by Crippen LogP contribution is -2.27. The predicted molar refractivity (Wildman–Crippen MR) is 118 cm³/mol. The number of carbonyl (C=O) groups excluding carboxylic acids is 1. The van der Waals surface area contributed by atoms with Gasteiger partial charge in [0, 0.05) is 38.8 Å². The first-order valence-electron chi connectivity index (χ1n) is 9.33. The fourth-order valence-electron chi connectivity index (χ4n) is 2.70. The molecule has 0 saturated heterocycles. The Morgan fingerprint density at radius 2 is 2.06 bits per heavy atom. The molecule has 9 heteroatoms. The molecule has 3 heterocycles. The van der Waals surface area contributed by atoms with Crippen molar-refractivity contribution >= 4 is 17.4 Å². The fourth-order valence-corrected chi connectivity index (χ4v) is 2.70. The van der Waals surface area contributed by atoms with E-state index in [0.717, 1.165) is 0 Å². The van der Waals surface area contributed by atoms with E-state index in [0.29, 0.717) is 28.7 Å². The predicted octanol–water partition coefficient (Wildman–Crippen LogP) is 2.68. The minimum atomic E-state index is -0.529. The van der Waals surface area contributed by atoms with Crippen LogP contribution >= 0.6 is 0 Å². The Morgan fingerprint density at radius 3 is 2.71 bits per heavy atom. The summed E-state index contributed by atoms with van der Waals surface area (Å²) in [6.45, 7) is 5.41. The molecule has 9 nitrogen and oxygen atoms in total. The first-order chi connectivity index (χ1) is 14.9. The summed E-state index contributed by atoms with van der Waals surface area (Å²) in [6.07, 6.45) is 9.75. The van der Waals surface area contributed by atoms with Gasteiger partial charge in [-0.3, -0.25) is 14.6 Å². The normalized spacial score (nSPS) is 11.8. The zero-order valence-electron chi connectivity index (χ0n) is 17.4. The van der Waals surface area contributed by atoms with Crippen molar-refractivity contribution in [1.29, 1.82) is 0 Å². The number of hydrogen-bond donors (Lipinski definition) is 1. The highest BCUT2D eigenvalue weighted by Gasteiger charge is 2.12. The van der Waals surface area contributed by atoms with Gasteiger partial charge in [0.15, 0.2) is 0 Å². The van der Waals surface area contributed by atoms with Crippen LogP contribution in [0.25, 0.3) is 0 Å². The van der Waals surface area contributed by atoms with Gasteiger partial charge in [-0.05, 0) is 31.2 Å². The summed E-state index contributed by atoms with van der Waals surface area (Å²) in [5.74, 6) is 0.810. The van der Waals surface area contributed by atoms with Crippen molar-refractivity contribution in [3.8, 4) is 5.75 Å². The second kappa shape index (κ2) is 9.49. The molecule has 0 fully saturated rings. The largest absolute Gasteiger partial charge is 0.460 e. The Balaban J connectivity index is 1.69. The van der Waals surface area contributed by atoms with E-state index in [-0.39, 0.29) is 11.1 Å². The lowest BCUT2D eigenvalue weighted by molar-refractivity contribution is 0.102. The summed E-state index contributed by atoms with van der Waals surface area (Å²) in [5.41, 5.74) is 0.947. The Labute approximate surface area is 179 Å². The molecule has 1 amide bonds. The average Bonchev–Trinajstić information content (AvgIpc) is 3.17. The number of aryl methyl sites for hydroxylation is 2. The first-order valence-corrected chi connectivity index (χ1v) is 9.33. The van der Waals surface area contributed by atoms with Crippen LogP contribution in [0.4, 0.5) is 5.82 Å². The van der Waals surface area contributed by atoms with E-state index in [2.05, 4.69) is 26.9 Å². The highest BCUT2D eigenvalue weighted by molar-refractivity contribution is 6.07. The molecule has 3 aromatic heterocycles. The monoisotopic (exact) mass is 418 g/mol. The van der Waals surface area contributed by atoms with Gasteiger partial charge >= 0.3 is 0 Å². The van der Waals surface area contributed by atoms with Gasteiger partial charge in [0.05, 0.1) is 18.2 Å². The number of hydrogen-bond acceptors (Lipinski definition) is 6. The molecule has 0 aliphatic heterocycles.